The van der Waals surface area contributed by atoms with E-state index >= 15 is 0 Å². The fourth-order valence-corrected chi connectivity index (χ4v) is 2.80. The van der Waals surface area contributed by atoms with Crippen LogP contribution in [0.5, 0.6) is 0 Å². The molecule has 1 saturated heterocycles. The fourth-order valence-electron chi connectivity index (χ4n) is 2.80. The van der Waals surface area contributed by atoms with Crippen LogP contribution in [-0.4, -0.2) is 35.7 Å². The third kappa shape index (κ3) is 2.86. The van der Waals surface area contributed by atoms with Crippen LogP contribution in [0.15, 0.2) is 10.9 Å². The number of ketones is 1. The Hall–Kier alpha value is -1.67. The molecule has 0 radical (unpaired) electrons. The number of quaternary nitrogens is 2. The lowest BCUT2D eigenvalue weighted by atomic mass is 9.96. The quantitative estimate of drug-likeness (QED) is 0.624. The molecule has 116 valence electrons. The molecule has 21 heavy (non-hydrogen) atoms. The summed E-state index contributed by atoms with van der Waals surface area (Å²) < 4.78 is 39.8. The van der Waals surface area contributed by atoms with Gasteiger partial charge in [-0.25, -0.2) is 0 Å². The van der Waals surface area contributed by atoms with Gasteiger partial charge < -0.3 is 4.98 Å². The average Bonchev–Trinajstić information content (AvgIpc) is 2.76. The Bertz CT molecular complexity index is 616. The molecule has 1 aliphatic rings. The van der Waals surface area contributed by atoms with Crippen molar-refractivity contribution in [1.82, 2.24) is 4.98 Å². The second kappa shape index (κ2) is 5.27. The van der Waals surface area contributed by atoms with Gasteiger partial charge in [-0.15, -0.1) is 0 Å². The van der Waals surface area contributed by atoms with Crippen molar-refractivity contribution in [3.05, 3.63) is 33.2 Å². The van der Waals surface area contributed by atoms with Gasteiger partial charge in [-0.2, -0.15) is 13.2 Å². The van der Waals surface area contributed by atoms with Gasteiger partial charge >= 0.3 is 11.8 Å². The molecule has 5 nitrogen and oxygen atoms in total. The number of aromatic nitrogens is 1. The Kier molecular flexibility index (Phi) is 3.94. The minimum atomic E-state index is -4.52. The van der Waals surface area contributed by atoms with Gasteiger partial charge in [-0.1, -0.05) is 0 Å². The highest BCUT2D eigenvalue weighted by atomic mass is 19.4. The van der Waals surface area contributed by atoms with Crippen molar-refractivity contribution in [3.8, 4) is 0 Å². The van der Waals surface area contributed by atoms with Gasteiger partial charge in [-0.05, 0) is 25.5 Å². The number of aromatic amines is 1. The molecule has 2 heterocycles. The van der Waals surface area contributed by atoms with Gasteiger partial charge in [0, 0.05) is 5.69 Å². The summed E-state index contributed by atoms with van der Waals surface area (Å²) in [6, 6.07) is 1.58. The zero-order valence-corrected chi connectivity index (χ0v) is 11.8. The van der Waals surface area contributed by atoms with Crippen molar-refractivity contribution >= 4 is 5.78 Å². The number of Topliss-reactive ketones (excluding diaryl/α,β-unsaturated/α-hetero) is 1. The highest BCUT2D eigenvalue weighted by molar-refractivity contribution is 5.97. The molecule has 8 heteroatoms. The Morgan fingerprint density at radius 1 is 1.33 bits per heavy atom. The van der Waals surface area contributed by atoms with Crippen molar-refractivity contribution in [1.29, 1.82) is 0 Å². The molecule has 2 rings (SSSR count). The van der Waals surface area contributed by atoms with E-state index in [0.717, 1.165) is 10.6 Å². The van der Waals surface area contributed by atoms with Crippen LogP contribution in [0.4, 0.5) is 13.2 Å². The van der Waals surface area contributed by atoms with Crippen LogP contribution in [0.1, 0.15) is 28.0 Å². The van der Waals surface area contributed by atoms with Gasteiger partial charge in [0.25, 0.3) is 5.56 Å². The van der Waals surface area contributed by atoms with Crippen LogP contribution >= 0.6 is 0 Å². The number of nitrogens with two attached hydrogens (primary N) is 2. The minimum absolute atomic E-state index is 0.182. The average molecular weight is 305 g/mol. The van der Waals surface area contributed by atoms with Crippen LogP contribution < -0.4 is 16.2 Å². The summed E-state index contributed by atoms with van der Waals surface area (Å²) in [6.07, 6.45) is -5.27. The predicted octanol–water partition coefficient (Wildman–Crippen LogP) is -1.04. The van der Waals surface area contributed by atoms with Gasteiger partial charge in [0.05, 0.1) is 5.56 Å². The number of carbonyl (C=O) groups is 1. The maximum Gasteiger partial charge on any atom is 0.503 e. The molecule has 5 N–H and O–H groups in total. The molecule has 1 aromatic rings. The summed E-state index contributed by atoms with van der Waals surface area (Å²) in [7, 11) is 0. The number of H-pyrrole nitrogens is 1. The van der Waals surface area contributed by atoms with E-state index in [2.05, 4.69) is 4.98 Å². The van der Waals surface area contributed by atoms with E-state index in [4.69, 9.17) is 0 Å². The lowest BCUT2D eigenvalue weighted by Gasteiger charge is -2.24. The molecule has 1 fully saturated rings. The van der Waals surface area contributed by atoms with Gasteiger partial charge in [0.1, 0.15) is 19.5 Å². The lowest BCUT2D eigenvalue weighted by molar-refractivity contribution is -0.911. The maximum atomic E-state index is 13.3. The van der Waals surface area contributed by atoms with E-state index < -0.39 is 29.6 Å². The second-order valence-corrected chi connectivity index (χ2v) is 5.46. The van der Waals surface area contributed by atoms with Crippen LogP contribution in [0.25, 0.3) is 0 Å². The van der Waals surface area contributed by atoms with Crippen molar-refractivity contribution in [2.45, 2.75) is 32.1 Å². The molecular formula is C13H18F3N3O2+2. The lowest BCUT2D eigenvalue weighted by Crippen LogP contribution is -3.15. The first-order chi connectivity index (χ1) is 9.66. The normalized spacial score (nSPS) is 18.0. The predicted molar refractivity (Wildman–Crippen MR) is 67.9 cm³/mol. The molecule has 0 spiro atoms. The standard InChI is InChI=1S/C13H16F3N3O2/c1-7-5-8(2)19-11(21)10(7)9(20)6-12(13(14,15)16)17-3-4-18-12/h5,17-18H,3-4,6H2,1-2H3,(H,19,21)/p+2. The van der Waals surface area contributed by atoms with Crippen molar-refractivity contribution in [2.24, 2.45) is 0 Å². The van der Waals surface area contributed by atoms with Gasteiger partial charge in [0.2, 0.25) is 0 Å². The maximum absolute atomic E-state index is 13.3. The first-order valence-electron chi connectivity index (χ1n) is 6.65. The Morgan fingerprint density at radius 3 is 2.38 bits per heavy atom. The molecule has 0 atom stereocenters. The topological polar surface area (TPSA) is 83.2 Å². The minimum Gasteiger partial charge on any atom is -0.326 e. The number of aryl methyl sites for hydroxylation is 2. The van der Waals surface area contributed by atoms with E-state index in [-0.39, 0.29) is 18.7 Å². The number of alkyl halides is 3. The zero-order valence-electron chi connectivity index (χ0n) is 11.8. The van der Waals surface area contributed by atoms with E-state index in [1.54, 1.807) is 19.9 Å². The third-order valence-electron chi connectivity index (χ3n) is 3.81. The molecule has 0 bridgehead atoms. The first kappa shape index (κ1) is 15.7. The van der Waals surface area contributed by atoms with E-state index in [9.17, 15) is 22.8 Å². The van der Waals surface area contributed by atoms with Crippen molar-refractivity contribution < 1.29 is 28.6 Å². The van der Waals surface area contributed by atoms with Crippen LogP contribution in [0.2, 0.25) is 0 Å². The second-order valence-electron chi connectivity index (χ2n) is 5.46. The molecular weight excluding hydrogens is 287 g/mol. The van der Waals surface area contributed by atoms with E-state index in [0.29, 0.717) is 11.3 Å². The first-order valence-corrected chi connectivity index (χ1v) is 6.65. The summed E-state index contributed by atoms with van der Waals surface area (Å²) in [5.74, 6) is -0.777. The number of hydrogen-bond acceptors (Lipinski definition) is 2. The largest absolute Gasteiger partial charge is 0.503 e. The summed E-state index contributed by atoms with van der Waals surface area (Å²) in [5.41, 5.74) is -2.06. The summed E-state index contributed by atoms with van der Waals surface area (Å²) in [6.45, 7) is 3.78. The van der Waals surface area contributed by atoms with E-state index in [1.165, 1.54) is 0 Å². The Labute approximate surface area is 118 Å². The molecule has 0 amide bonds. The number of hydrogen-bond donors (Lipinski definition) is 3. The van der Waals surface area contributed by atoms with Crippen LogP contribution in [0.3, 0.4) is 0 Å². The molecule has 0 unspecified atom stereocenters. The van der Waals surface area contributed by atoms with E-state index in [1.807, 2.05) is 0 Å². The summed E-state index contributed by atoms with van der Waals surface area (Å²) in [4.78, 5) is 26.6. The monoisotopic (exact) mass is 305 g/mol. The third-order valence-corrected chi connectivity index (χ3v) is 3.81. The Balaban J connectivity index is 2.36. The molecule has 0 saturated carbocycles. The van der Waals surface area contributed by atoms with Gasteiger partial charge in [0.15, 0.2) is 5.78 Å². The number of pyridine rings is 1. The van der Waals surface area contributed by atoms with Crippen LogP contribution in [0, 0.1) is 13.8 Å². The van der Waals surface area contributed by atoms with Gasteiger partial charge in [-0.3, -0.25) is 20.2 Å². The highest BCUT2D eigenvalue weighted by Crippen LogP contribution is 2.27. The number of halogens is 3. The fraction of sp³-hybridized carbons (Fsp3) is 0.538. The van der Waals surface area contributed by atoms with Crippen LogP contribution in [-0.2, 0) is 0 Å². The highest BCUT2D eigenvalue weighted by Gasteiger charge is 2.65. The number of rotatable bonds is 3. The SMILES string of the molecule is Cc1cc(C)c(C(=O)CC2(C(F)(F)F)[NH2+]CC[NH2+]2)c(=O)[nH]1. The summed E-state index contributed by atoms with van der Waals surface area (Å²) >= 11 is 0. The smallest absolute Gasteiger partial charge is 0.326 e. The molecule has 1 aromatic heterocycles. The Morgan fingerprint density at radius 2 is 1.90 bits per heavy atom. The number of nitrogens with one attached hydrogen (secondary N) is 1. The van der Waals surface area contributed by atoms with Crippen molar-refractivity contribution in [2.75, 3.05) is 13.1 Å². The molecule has 0 aliphatic carbocycles. The number of carbonyl (C=O) groups excluding carboxylic acids is 1. The van der Waals surface area contributed by atoms with Crippen molar-refractivity contribution in [3.63, 3.8) is 0 Å². The molecule has 0 aromatic carbocycles. The zero-order chi connectivity index (χ0) is 15.8. The summed E-state index contributed by atoms with van der Waals surface area (Å²) in [5, 5.41) is 2.26. The molecule has 1 aliphatic heterocycles.